The molecule has 1 heterocycles. The number of likely N-dealkylation sites (N-methyl/N-ethyl adjacent to an activating group) is 2. The first-order valence-corrected chi connectivity index (χ1v) is 6.38. The molecule has 1 aliphatic rings. The zero-order chi connectivity index (χ0) is 13.8. The molecule has 0 bridgehead atoms. The fourth-order valence-corrected chi connectivity index (χ4v) is 2.15. The molecule has 1 fully saturated rings. The maximum absolute atomic E-state index is 11.9. The quantitative estimate of drug-likeness (QED) is 0.796. The number of nitrogens with one attached hydrogen (secondary N) is 1. The Morgan fingerprint density at radius 2 is 1.95 bits per heavy atom. The van der Waals surface area contributed by atoms with Gasteiger partial charge in [0.25, 0.3) is 0 Å². The normalized spacial score (nSPS) is 16.7. The second-order valence-corrected chi connectivity index (χ2v) is 4.78. The summed E-state index contributed by atoms with van der Waals surface area (Å²) in [6.45, 7) is 2.33. The van der Waals surface area contributed by atoms with Gasteiger partial charge in [0.05, 0.1) is 13.1 Å². The Morgan fingerprint density at radius 3 is 2.53 bits per heavy atom. The summed E-state index contributed by atoms with van der Waals surface area (Å²) in [5, 5.41) is 2.84. The zero-order valence-corrected chi connectivity index (χ0v) is 11.3. The number of amides is 1. The van der Waals surface area contributed by atoms with E-state index in [1.165, 1.54) is 0 Å². The number of nitrogens with zero attached hydrogens (tertiary/aromatic N) is 2. The summed E-state index contributed by atoms with van der Waals surface area (Å²) in [5.74, 6) is 0.154. The molecule has 0 aliphatic carbocycles. The van der Waals surface area contributed by atoms with Crippen LogP contribution in [0.1, 0.15) is 10.4 Å². The molecule has 0 aromatic heterocycles. The van der Waals surface area contributed by atoms with Crippen molar-refractivity contribution in [1.82, 2.24) is 10.2 Å². The third-order valence-corrected chi connectivity index (χ3v) is 3.25. The Labute approximate surface area is 113 Å². The first-order valence-electron chi connectivity index (χ1n) is 6.38. The van der Waals surface area contributed by atoms with Crippen molar-refractivity contribution < 1.29 is 9.59 Å². The van der Waals surface area contributed by atoms with E-state index >= 15 is 0 Å². The molecule has 1 amide bonds. The third kappa shape index (κ3) is 3.19. The van der Waals surface area contributed by atoms with Crippen LogP contribution in [0.15, 0.2) is 24.3 Å². The van der Waals surface area contributed by atoms with Crippen molar-refractivity contribution in [3.63, 3.8) is 0 Å². The highest BCUT2D eigenvalue weighted by molar-refractivity contribution is 5.99. The summed E-state index contributed by atoms with van der Waals surface area (Å²) in [6.07, 6.45) is 0. The van der Waals surface area contributed by atoms with E-state index in [-0.39, 0.29) is 11.7 Å². The van der Waals surface area contributed by atoms with Crippen molar-refractivity contribution in [1.29, 1.82) is 0 Å². The van der Waals surface area contributed by atoms with Gasteiger partial charge < -0.3 is 10.2 Å². The topological polar surface area (TPSA) is 52.7 Å². The lowest BCUT2D eigenvalue weighted by Gasteiger charge is -2.32. The molecule has 0 unspecified atom stereocenters. The van der Waals surface area contributed by atoms with E-state index in [9.17, 15) is 9.59 Å². The summed E-state index contributed by atoms with van der Waals surface area (Å²) in [4.78, 5) is 27.4. The van der Waals surface area contributed by atoms with Crippen molar-refractivity contribution in [2.45, 2.75) is 0 Å². The Kier molecular flexibility index (Phi) is 4.29. The molecule has 1 aromatic carbocycles. The summed E-state index contributed by atoms with van der Waals surface area (Å²) in [7, 11) is 3.68. The lowest BCUT2D eigenvalue weighted by molar-refractivity contribution is -0.120. The van der Waals surface area contributed by atoms with Gasteiger partial charge in [0, 0.05) is 24.3 Å². The Hall–Kier alpha value is -1.72. The van der Waals surface area contributed by atoms with Crippen LogP contribution < -0.4 is 10.2 Å². The number of piperazine rings is 1. The lowest BCUT2D eigenvalue weighted by Crippen LogP contribution is -2.48. The van der Waals surface area contributed by atoms with Gasteiger partial charge in [0.15, 0.2) is 5.78 Å². The Balaban J connectivity index is 2.10. The number of rotatable bonds is 4. The lowest BCUT2D eigenvalue weighted by atomic mass is 10.1. The van der Waals surface area contributed by atoms with Crippen molar-refractivity contribution in [3.05, 3.63) is 29.8 Å². The van der Waals surface area contributed by atoms with Gasteiger partial charge in [-0.05, 0) is 38.4 Å². The summed E-state index contributed by atoms with van der Waals surface area (Å²) < 4.78 is 0. The molecule has 19 heavy (non-hydrogen) atoms. The van der Waals surface area contributed by atoms with Gasteiger partial charge in [-0.15, -0.1) is 0 Å². The van der Waals surface area contributed by atoms with E-state index in [1.54, 1.807) is 24.1 Å². The number of ketones is 1. The van der Waals surface area contributed by atoms with Crippen LogP contribution in [0.3, 0.4) is 0 Å². The third-order valence-electron chi connectivity index (χ3n) is 3.25. The largest absolute Gasteiger partial charge is 0.313 e. The van der Waals surface area contributed by atoms with Crippen LogP contribution in [-0.2, 0) is 4.79 Å². The molecule has 0 saturated carbocycles. The Morgan fingerprint density at radius 1 is 1.26 bits per heavy atom. The van der Waals surface area contributed by atoms with E-state index in [4.69, 9.17) is 0 Å². The molecule has 0 spiro atoms. The maximum atomic E-state index is 11.9. The standard InChI is InChI=1S/C14H19N3O2/c1-15-9-13(18)11-3-5-12(6-4-11)17-8-7-16(2)10-14(17)19/h3-6,15H,7-10H2,1-2H3. The van der Waals surface area contributed by atoms with E-state index in [2.05, 4.69) is 5.32 Å². The number of benzene rings is 1. The minimum Gasteiger partial charge on any atom is -0.313 e. The van der Waals surface area contributed by atoms with Crippen molar-refractivity contribution >= 4 is 17.4 Å². The summed E-state index contributed by atoms with van der Waals surface area (Å²) in [5.41, 5.74) is 1.53. The predicted molar refractivity (Wildman–Crippen MR) is 74.5 cm³/mol. The fraction of sp³-hybridized carbons (Fsp3) is 0.429. The first kappa shape index (κ1) is 13.7. The second kappa shape index (κ2) is 5.95. The molecule has 1 aliphatic heterocycles. The average Bonchev–Trinajstić information content (AvgIpc) is 2.39. The molecule has 102 valence electrons. The minimum absolute atomic E-state index is 0.0544. The van der Waals surface area contributed by atoms with Gasteiger partial charge in [0.2, 0.25) is 5.91 Å². The van der Waals surface area contributed by atoms with E-state index in [0.29, 0.717) is 25.2 Å². The number of anilines is 1. The summed E-state index contributed by atoms with van der Waals surface area (Å²) in [6, 6.07) is 7.24. The monoisotopic (exact) mass is 261 g/mol. The average molecular weight is 261 g/mol. The number of Topliss-reactive ketones (excluding diaryl/α,β-unsaturated/α-hetero) is 1. The van der Waals surface area contributed by atoms with Gasteiger partial charge in [-0.2, -0.15) is 0 Å². The summed E-state index contributed by atoms with van der Waals surface area (Å²) >= 11 is 0. The van der Waals surface area contributed by atoms with Crippen LogP contribution in [0, 0.1) is 0 Å². The van der Waals surface area contributed by atoms with Gasteiger partial charge in [0.1, 0.15) is 0 Å². The van der Waals surface area contributed by atoms with Crippen LogP contribution in [-0.4, -0.2) is 56.9 Å². The van der Waals surface area contributed by atoms with Crippen LogP contribution in [0.5, 0.6) is 0 Å². The highest BCUT2D eigenvalue weighted by Crippen LogP contribution is 2.18. The Bertz CT molecular complexity index is 470. The van der Waals surface area contributed by atoms with Crippen molar-refractivity contribution in [2.24, 2.45) is 0 Å². The molecule has 5 nitrogen and oxygen atoms in total. The highest BCUT2D eigenvalue weighted by atomic mass is 16.2. The second-order valence-electron chi connectivity index (χ2n) is 4.78. The van der Waals surface area contributed by atoms with Gasteiger partial charge in [-0.25, -0.2) is 0 Å². The first-order chi connectivity index (χ1) is 9.11. The maximum Gasteiger partial charge on any atom is 0.241 e. The van der Waals surface area contributed by atoms with Crippen LogP contribution in [0.25, 0.3) is 0 Å². The van der Waals surface area contributed by atoms with Crippen LogP contribution in [0.4, 0.5) is 5.69 Å². The molecule has 5 heteroatoms. The van der Waals surface area contributed by atoms with Crippen LogP contribution in [0.2, 0.25) is 0 Å². The van der Waals surface area contributed by atoms with Crippen molar-refractivity contribution in [2.75, 3.05) is 45.2 Å². The number of hydrogen-bond donors (Lipinski definition) is 1. The minimum atomic E-state index is 0.0544. The predicted octanol–water partition coefficient (Wildman–Crippen LogP) is 0.367. The molecular weight excluding hydrogens is 242 g/mol. The molecule has 0 atom stereocenters. The number of carbonyl (C=O) groups excluding carboxylic acids is 2. The van der Waals surface area contributed by atoms with Crippen molar-refractivity contribution in [3.8, 4) is 0 Å². The molecule has 0 radical (unpaired) electrons. The van der Waals surface area contributed by atoms with Gasteiger partial charge in [-0.1, -0.05) is 0 Å². The van der Waals surface area contributed by atoms with E-state index < -0.39 is 0 Å². The molecule has 1 saturated heterocycles. The molecular formula is C14H19N3O2. The van der Waals surface area contributed by atoms with Gasteiger partial charge in [-0.3, -0.25) is 14.5 Å². The fourth-order valence-electron chi connectivity index (χ4n) is 2.15. The van der Waals surface area contributed by atoms with Crippen LogP contribution >= 0.6 is 0 Å². The SMILES string of the molecule is CNCC(=O)c1ccc(N2CCN(C)CC2=O)cc1. The zero-order valence-electron chi connectivity index (χ0n) is 11.3. The smallest absolute Gasteiger partial charge is 0.241 e. The molecule has 1 aromatic rings. The van der Waals surface area contributed by atoms with Gasteiger partial charge >= 0.3 is 0 Å². The number of carbonyl (C=O) groups is 2. The van der Waals surface area contributed by atoms with E-state index in [0.717, 1.165) is 12.2 Å². The highest BCUT2D eigenvalue weighted by Gasteiger charge is 2.22. The molecule has 1 N–H and O–H groups in total. The number of hydrogen-bond acceptors (Lipinski definition) is 4. The molecule has 2 rings (SSSR count). The van der Waals surface area contributed by atoms with E-state index in [1.807, 2.05) is 24.1 Å².